The van der Waals surface area contributed by atoms with Crippen molar-refractivity contribution in [3.05, 3.63) is 0 Å². The third-order valence-electron chi connectivity index (χ3n) is 4.74. The maximum atomic E-state index is 12.6. The van der Waals surface area contributed by atoms with Crippen molar-refractivity contribution in [1.29, 1.82) is 0 Å². The first kappa shape index (κ1) is 15.2. The zero-order valence-corrected chi connectivity index (χ0v) is 13.4. The van der Waals surface area contributed by atoms with Crippen LogP contribution in [0.15, 0.2) is 0 Å². The van der Waals surface area contributed by atoms with Gasteiger partial charge >= 0.3 is 0 Å². The molecule has 0 aromatic heterocycles. The molecule has 0 radical (unpaired) electrons. The van der Waals surface area contributed by atoms with Crippen LogP contribution in [0.1, 0.15) is 58.8 Å². The molecule has 1 amide bonds. The van der Waals surface area contributed by atoms with Gasteiger partial charge in [-0.2, -0.15) is 11.8 Å². The zero-order valence-electron chi connectivity index (χ0n) is 12.6. The van der Waals surface area contributed by atoms with Crippen LogP contribution < -0.4 is 5.32 Å². The quantitative estimate of drug-likeness (QED) is 0.780. The second-order valence-electron chi connectivity index (χ2n) is 5.99. The fourth-order valence-electron chi connectivity index (χ4n) is 3.20. The fourth-order valence-corrected chi connectivity index (χ4v) is 4.16. The maximum absolute atomic E-state index is 12.6. The number of carbonyl (C=O) groups excluding carboxylic acids is 1. The number of hydrogen-bond donors (Lipinski definition) is 1. The van der Waals surface area contributed by atoms with Crippen molar-refractivity contribution in [1.82, 2.24) is 10.2 Å². The number of hydrogen-bond acceptors (Lipinski definition) is 3. The number of rotatable bonds is 7. The number of thioether (sulfide) groups is 1. The highest BCUT2D eigenvalue weighted by atomic mass is 32.2. The average molecular weight is 284 g/mol. The lowest BCUT2D eigenvalue weighted by Gasteiger charge is -2.44. The number of amides is 1. The molecule has 3 nitrogen and oxygen atoms in total. The molecule has 2 aliphatic rings. The maximum Gasteiger partial charge on any atom is 0.241 e. The Morgan fingerprint density at radius 1 is 1.42 bits per heavy atom. The fraction of sp³-hybridized carbons (Fsp3) is 0.933. The summed E-state index contributed by atoms with van der Waals surface area (Å²) in [6.45, 7) is 5.30. The van der Waals surface area contributed by atoms with Gasteiger partial charge in [0.1, 0.15) is 0 Å². The Kier molecular flexibility index (Phi) is 5.18. The lowest BCUT2D eigenvalue weighted by molar-refractivity contribution is -0.130. The van der Waals surface area contributed by atoms with Crippen molar-refractivity contribution in [2.75, 3.05) is 12.8 Å². The zero-order chi connectivity index (χ0) is 13.9. The highest BCUT2D eigenvalue weighted by molar-refractivity contribution is 8.00. The van der Waals surface area contributed by atoms with Gasteiger partial charge in [-0.25, -0.2) is 0 Å². The third-order valence-corrected chi connectivity index (χ3v) is 6.14. The molecule has 0 aromatic rings. The summed E-state index contributed by atoms with van der Waals surface area (Å²) in [4.78, 5) is 14.7. The molecule has 1 aliphatic carbocycles. The van der Waals surface area contributed by atoms with E-state index in [1.54, 1.807) is 0 Å². The van der Waals surface area contributed by atoms with Gasteiger partial charge in [0.25, 0.3) is 0 Å². The predicted molar refractivity (Wildman–Crippen MR) is 82.3 cm³/mol. The summed E-state index contributed by atoms with van der Waals surface area (Å²) in [5.74, 6) is 0.348. The van der Waals surface area contributed by atoms with Crippen LogP contribution in [0.5, 0.6) is 0 Å². The van der Waals surface area contributed by atoms with E-state index in [0.29, 0.717) is 10.7 Å². The molecular weight excluding hydrogens is 256 g/mol. The van der Waals surface area contributed by atoms with Crippen molar-refractivity contribution < 1.29 is 4.79 Å². The lowest BCUT2D eigenvalue weighted by atomic mass is 9.83. The molecule has 1 aliphatic heterocycles. The summed E-state index contributed by atoms with van der Waals surface area (Å²) >= 11 is 1.96. The van der Waals surface area contributed by atoms with Gasteiger partial charge in [-0.05, 0) is 31.9 Å². The minimum absolute atomic E-state index is 0.0730. The van der Waals surface area contributed by atoms with Crippen LogP contribution in [-0.2, 0) is 4.79 Å². The first-order chi connectivity index (χ1) is 9.15. The monoisotopic (exact) mass is 284 g/mol. The van der Waals surface area contributed by atoms with E-state index in [0.717, 1.165) is 32.2 Å². The Labute approximate surface area is 121 Å². The molecule has 0 aromatic carbocycles. The molecule has 1 saturated carbocycles. The highest BCUT2D eigenvalue weighted by Gasteiger charge is 2.44. The summed E-state index contributed by atoms with van der Waals surface area (Å²) in [7, 11) is 0. The minimum atomic E-state index is 0.0730. The molecular formula is C15H28N2OS. The van der Waals surface area contributed by atoms with Crippen molar-refractivity contribution in [2.45, 2.75) is 75.7 Å². The molecule has 2 unspecified atom stereocenters. The number of carbonyl (C=O) groups is 1. The summed E-state index contributed by atoms with van der Waals surface area (Å²) in [5.41, 5.74) is 0. The van der Waals surface area contributed by atoms with Gasteiger partial charge in [0.15, 0.2) is 0 Å². The smallest absolute Gasteiger partial charge is 0.241 e. The SMILES string of the molecule is CCCCC1NC(CC)N(CC2(SC)CCC2)C1=O. The van der Waals surface area contributed by atoms with E-state index >= 15 is 0 Å². The molecule has 1 heterocycles. The Hall–Kier alpha value is -0.220. The van der Waals surface area contributed by atoms with Gasteiger partial charge in [-0.3, -0.25) is 10.1 Å². The van der Waals surface area contributed by atoms with E-state index < -0.39 is 0 Å². The molecule has 2 fully saturated rings. The van der Waals surface area contributed by atoms with Crippen LogP contribution in [-0.4, -0.2) is 40.6 Å². The van der Waals surface area contributed by atoms with Crippen molar-refractivity contribution >= 4 is 17.7 Å². The van der Waals surface area contributed by atoms with Gasteiger partial charge in [0.05, 0.1) is 12.2 Å². The first-order valence-electron chi connectivity index (χ1n) is 7.77. The lowest BCUT2D eigenvalue weighted by Crippen LogP contribution is -2.49. The predicted octanol–water partition coefficient (Wildman–Crippen LogP) is 3.00. The molecule has 0 spiro atoms. The third kappa shape index (κ3) is 3.10. The molecule has 4 heteroatoms. The van der Waals surface area contributed by atoms with E-state index in [1.807, 2.05) is 11.8 Å². The highest BCUT2D eigenvalue weighted by Crippen LogP contribution is 2.44. The van der Waals surface area contributed by atoms with Crippen LogP contribution in [0.2, 0.25) is 0 Å². The Morgan fingerprint density at radius 3 is 2.63 bits per heavy atom. The topological polar surface area (TPSA) is 32.3 Å². The minimum Gasteiger partial charge on any atom is -0.324 e. The second kappa shape index (κ2) is 6.49. The van der Waals surface area contributed by atoms with E-state index in [-0.39, 0.29) is 12.2 Å². The number of unbranched alkanes of at least 4 members (excludes halogenated alkanes) is 1. The molecule has 2 rings (SSSR count). The molecule has 0 bridgehead atoms. The van der Waals surface area contributed by atoms with Gasteiger partial charge in [-0.15, -0.1) is 0 Å². The first-order valence-corrected chi connectivity index (χ1v) is 9.00. The van der Waals surface area contributed by atoms with Crippen LogP contribution in [0.25, 0.3) is 0 Å². The van der Waals surface area contributed by atoms with Gasteiger partial charge in [0, 0.05) is 11.3 Å². The number of nitrogens with one attached hydrogen (secondary N) is 1. The second-order valence-corrected chi connectivity index (χ2v) is 7.27. The van der Waals surface area contributed by atoms with Gasteiger partial charge in [0.2, 0.25) is 5.91 Å². The van der Waals surface area contributed by atoms with E-state index in [1.165, 1.54) is 19.3 Å². The number of nitrogens with zero attached hydrogens (tertiary/aromatic N) is 1. The summed E-state index contributed by atoms with van der Waals surface area (Å²) in [5, 5.41) is 3.54. The van der Waals surface area contributed by atoms with E-state index in [4.69, 9.17) is 0 Å². The van der Waals surface area contributed by atoms with Crippen LogP contribution in [0.4, 0.5) is 0 Å². The Balaban J connectivity index is 1.99. The van der Waals surface area contributed by atoms with Crippen molar-refractivity contribution in [2.24, 2.45) is 0 Å². The van der Waals surface area contributed by atoms with Crippen LogP contribution >= 0.6 is 11.8 Å². The average Bonchev–Trinajstić information content (AvgIpc) is 2.68. The Bertz CT molecular complexity index is 312. The largest absolute Gasteiger partial charge is 0.324 e. The van der Waals surface area contributed by atoms with Crippen molar-refractivity contribution in [3.8, 4) is 0 Å². The van der Waals surface area contributed by atoms with Crippen LogP contribution in [0, 0.1) is 0 Å². The van der Waals surface area contributed by atoms with Crippen molar-refractivity contribution in [3.63, 3.8) is 0 Å². The molecule has 1 N–H and O–H groups in total. The summed E-state index contributed by atoms with van der Waals surface area (Å²) < 4.78 is 0.352. The normalized spacial score (nSPS) is 29.6. The standard InChI is InChI=1S/C15H28N2OS/c1-4-6-8-12-14(18)17(13(5-2)16-12)11-15(19-3)9-7-10-15/h12-13,16H,4-11H2,1-3H3. The molecule has 1 saturated heterocycles. The van der Waals surface area contributed by atoms with E-state index in [2.05, 4.69) is 30.3 Å². The molecule has 19 heavy (non-hydrogen) atoms. The van der Waals surface area contributed by atoms with Crippen LogP contribution in [0.3, 0.4) is 0 Å². The Morgan fingerprint density at radius 2 is 2.16 bits per heavy atom. The van der Waals surface area contributed by atoms with Gasteiger partial charge in [-0.1, -0.05) is 33.1 Å². The summed E-state index contributed by atoms with van der Waals surface area (Å²) in [6, 6.07) is 0.0730. The summed E-state index contributed by atoms with van der Waals surface area (Å²) in [6.07, 6.45) is 10.6. The molecule has 2 atom stereocenters. The van der Waals surface area contributed by atoms with Gasteiger partial charge < -0.3 is 4.90 Å². The molecule has 110 valence electrons. The van der Waals surface area contributed by atoms with E-state index in [9.17, 15) is 4.79 Å².